The molecular formula is C17H20FNO4S. The summed E-state index contributed by atoms with van der Waals surface area (Å²) < 4.78 is 18.5. The number of rotatable bonds is 8. The quantitative estimate of drug-likeness (QED) is 0.725. The summed E-state index contributed by atoms with van der Waals surface area (Å²) in [6.07, 6.45) is 0.00516. The van der Waals surface area contributed by atoms with Crippen LogP contribution in [0.5, 0.6) is 0 Å². The minimum atomic E-state index is -0.417. The normalized spacial score (nSPS) is 15.1. The third-order valence-electron chi connectivity index (χ3n) is 3.36. The number of ether oxygens (including phenoxy) is 1. The molecule has 5 nitrogen and oxygen atoms in total. The smallest absolute Gasteiger partial charge is 0.268 e. The van der Waals surface area contributed by atoms with Crippen molar-refractivity contribution in [2.24, 2.45) is 0 Å². The van der Waals surface area contributed by atoms with Crippen LogP contribution in [0.4, 0.5) is 4.39 Å². The second-order valence-corrected chi connectivity index (χ2v) is 6.57. The van der Waals surface area contributed by atoms with Crippen molar-refractivity contribution < 1.29 is 23.8 Å². The summed E-state index contributed by atoms with van der Waals surface area (Å²) in [5.74, 6) is -0.928. The number of aliphatic hydroxyl groups is 1. The molecule has 7 heteroatoms. The van der Waals surface area contributed by atoms with Gasteiger partial charge < -0.3 is 9.84 Å². The Morgan fingerprint density at radius 1 is 1.21 bits per heavy atom. The number of imide groups is 1. The Kier molecular flexibility index (Phi) is 6.53. The number of nitrogens with zero attached hydrogens (tertiary/aromatic N) is 1. The van der Waals surface area contributed by atoms with Gasteiger partial charge in [0.2, 0.25) is 0 Å². The van der Waals surface area contributed by atoms with Crippen molar-refractivity contribution >= 4 is 29.1 Å². The number of benzene rings is 1. The zero-order valence-electron chi connectivity index (χ0n) is 13.6. The summed E-state index contributed by atoms with van der Waals surface area (Å²) in [5.41, 5.74) is 0.741. The number of hydrogen-bond donors (Lipinski definition) is 1. The molecular weight excluding hydrogens is 333 g/mol. The van der Waals surface area contributed by atoms with E-state index in [0.717, 1.165) is 16.7 Å². The zero-order valence-corrected chi connectivity index (χ0v) is 14.4. The van der Waals surface area contributed by atoms with Crippen LogP contribution < -0.4 is 0 Å². The van der Waals surface area contributed by atoms with E-state index in [2.05, 4.69) is 0 Å². The van der Waals surface area contributed by atoms with Crippen molar-refractivity contribution in [3.8, 4) is 0 Å². The van der Waals surface area contributed by atoms with E-state index in [1.165, 1.54) is 24.3 Å². The van der Waals surface area contributed by atoms with Gasteiger partial charge in [-0.15, -0.1) is 11.8 Å². The van der Waals surface area contributed by atoms with Gasteiger partial charge >= 0.3 is 0 Å². The molecule has 0 aromatic heterocycles. The van der Waals surface area contributed by atoms with Crippen LogP contribution in [-0.4, -0.2) is 53.4 Å². The first kappa shape index (κ1) is 18.6. The summed E-state index contributed by atoms with van der Waals surface area (Å²) in [5, 5.41) is 9.02. The highest BCUT2D eigenvalue weighted by Gasteiger charge is 2.38. The fourth-order valence-electron chi connectivity index (χ4n) is 2.29. The van der Waals surface area contributed by atoms with E-state index in [0.29, 0.717) is 11.3 Å². The van der Waals surface area contributed by atoms with Crippen LogP contribution in [0.2, 0.25) is 0 Å². The van der Waals surface area contributed by atoms with E-state index in [1.54, 1.807) is 0 Å². The maximum absolute atomic E-state index is 13.1. The minimum absolute atomic E-state index is 0.00516. The molecule has 0 radical (unpaired) electrons. The lowest BCUT2D eigenvalue weighted by molar-refractivity contribution is -0.137. The average molecular weight is 353 g/mol. The number of hydrogen-bond acceptors (Lipinski definition) is 5. The molecule has 1 aromatic carbocycles. The van der Waals surface area contributed by atoms with Gasteiger partial charge in [0.25, 0.3) is 11.8 Å². The second-order valence-electron chi connectivity index (χ2n) is 5.46. The molecule has 0 unspecified atom stereocenters. The molecule has 0 aliphatic carbocycles. The molecule has 1 heterocycles. The highest BCUT2D eigenvalue weighted by molar-refractivity contribution is 8.04. The van der Waals surface area contributed by atoms with Gasteiger partial charge in [-0.05, 0) is 31.5 Å². The Morgan fingerprint density at radius 2 is 1.88 bits per heavy atom. The third kappa shape index (κ3) is 4.23. The van der Waals surface area contributed by atoms with Gasteiger partial charge in [0.15, 0.2) is 0 Å². The summed E-state index contributed by atoms with van der Waals surface area (Å²) in [4.78, 5) is 26.7. The Bertz CT molecular complexity index is 642. The van der Waals surface area contributed by atoms with Crippen LogP contribution in [0.3, 0.4) is 0 Å². The van der Waals surface area contributed by atoms with Crippen molar-refractivity contribution in [3.05, 3.63) is 40.6 Å². The van der Waals surface area contributed by atoms with Crippen molar-refractivity contribution in [1.82, 2.24) is 4.90 Å². The van der Waals surface area contributed by atoms with Gasteiger partial charge in [-0.1, -0.05) is 12.1 Å². The molecule has 2 amide bonds. The molecule has 0 saturated heterocycles. The first-order valence-corrected chi connectivity index (χ1v) is 8.66. The van der Waals surface area contributed by atoms with Gasteiger partial charge in [0, 0.05) is 5.75 Å². The molecule has 0 spiro atoms. The van der Waals surface area contributed by atoms with Crippen molar-refractivity contribution in [3.63, 3.8) is 0 Å². The Labute approximate surface area is 144 Å². The lowest BCUT2D eigenvalue weighted by Crippen LogP contribution is -2.35. The van der Waals surface area contributed by atoms with E-state index in [1.807, 2.05) is 13.8 Å². The minimum Gasteiger partial charge on any atom is -0.396 e. The van der Waals surface area contributed by atoms with Crippen LogP contribution in [0, 0.1) is 5.82 Å². The van der Waals surface area contributed by atoms with E-state index in [4.69, 9.17) is 9.84 Å². The molecule has 0 atom stereocenters. The predicted molar refractivity (Wildman–Crippen MR) is 90.7 cm³/mol. The molecule has 0 fully saturated rings. The number of amides is 2. The highest BCUT2D eigenvalue weighted by Crippen LogP contribution is 2.35. The van der Waals surface area contributed by atoms with Crippen molar-refractivity contribution in [2.75, 3.05) is 25.5 Å². The maximum Gasteiger partial charge on any atom is 0.268 e. The monoisotopic (exact) mass is 353 g/mol. The molecule has 1 aliphatic heterocycles. The fraction of sp³-hybridized carbons (Fsp3) is 0.412. The van der Waals surface area contributed by atoms with E-state index >= 15 is 0 Å². The Morgan fingerprint density at radius 3 is 2.46 bits per heavy atom. The van der Waals surface area contributed by atoms with Gasteiger partial charge in [0.05, 0.1) is 36.3 Å². The summed E-state index contributed by atoms with van der Waals surface area (Å²) >= 11 is 1.13. The number of aliphatic hydroxyl groups excluding tert-OH is 1. The van der Waals surface area contributed by atoms with Crippen molar-refractivity contribution in [2.45, 2.75) is 20.0 Å². The van der Waals surface area contributed by atoms with Gasteiger partial charge in [-0.3, -0.25) is 14.5 Å². The van der Waals surface area contributed by atoms with Crippen LogP contribution in [-0.2, 0) is 14.3 Å². The van der Waals surface area contributed by atoms with E-state index < -0.39 is 17.6 Å². The third-order valence-corrected chi connectivity index (χ3v) is 4.42. The maximum atomic E-state index is 13.1. The topological polar surface area (TPSA) is 66.8 Å². The molecule has 1 aliphatic rings. The SMILES string of the molecule is CC(C)OCCN1C(=O)C(SCCO)=C(c2ccc(F)cc2)C1=O. The van der Waals surface area contributed by atoms with Crippen LogP contribution in [0.15, 0.2) is 29.2 Å². The van der Waals surface area contributed by atoms with Crippen LogP contribution in [0.25, 0.3) is 5.57 Å². The summed E-state index contributed by atoms with van der Waals surface area (Å²) in [7, 11) is 0. The van der Waals surface area contributed by atoms with Crippen molar-refractivity contribution in [1.29, 1.82) is 0 Å². The lowest BCUT2D eigenvalue weighted by atomic mass is 10.1. The number of thioether (sulfide) groups is 1. The highest BCUT2D eigenvalue weighted by atomic mass is 32.2. The standard InChI is InChI=1S/C17H20FNO4S/c1-11(2)23-9-7-19-16(21)14(12-3-5-13(18)6-4-12)15(17(19)22)24-10-8-20/h3-6,11,20H,7-10H2,1-2H3. The Balaban J connectivity index is 2.27. The number of carbonyl (C=O) groups excluding carboxylic acids is 2. The van der Waals surface area contributed by atoms with Gasteiger partial charge in [-0.2, -0.15) is 0 Å². The lowest BCUT2D eigenvalue weighted by Gasteiger charge is -2.16. The van der Waals surface area contributed by atoms with Crippen LogP contribution in [0.1, 0.15) is 19.4 Å². The molecule has 24 heavy (non-hydrogen) atoms. The van der Waals surface area contributed by atoms with Gasteiger partial charge in [0.1, 0.15) is 5.82 Å². The molecule has 0 bridgehead atoms. The van der Waals surface area contributed by atoms with Crippen LogP contribution >= 0.6 is 11.8 Å². The molecule has 1 aromatic rings. The molecule has 130 valence electrons. The molecule has 1 N–H and O–H groups in total. The van der Waals surface area contributed by atoms with Gasteiger partial charge in [-0.25, -0.2) is 4.39 Å². The first-order valence-electron chi connectivity index (χ1n) is 7.67. The molecule has 0 saturated carbocycles. The second kappa shape index (κ2) is 8.41. The molecule has 2 rings (SSSR count). The summed E-state index contributed by atoms with van der Waals surface area (Å²) in [6.45, 7) is 4.05. The fourth-order valence-corrected chi connectivity index (χ4v) is 3.17. The number of halogens is 1. The predicted octanol–water partition coefficient (Wildman–Crippen LogP) is 2.06. The Hall–Kier alpha value is -1.70. The van der Waals surface area contributed by atoms with E-state index in [-0.39, 0.29) is 36.3 Å². The van der Waals surface area contributed by atoms with E-state index in [9.17, 15) is 14.0 Å². The zero-order chi connectivity index (χ0) is 17.7. The summed E-state index contributed by atoms with van der Waals surface area (Å²) in [6, 6.07) is 5.45. The number of carbonyl (C=O) groups is 2. The first-order chi connectivity index (χ1) is 11.5. The largest absolute Gasteiger partial charge is 0.396 e. The average Bonchev–Trinajstić information content (AvgIpc) is 2.77.